The summed E-state index contributed by atoms with van der Waals surface area (Å²) in [6.07, 6.45) is 0.820. The molecule has 4 heteroatoms. The highest BCUT2D eigenvalue weighted by molar-refractivity contribution is 8.26. The van der Waals surface area contributed by atoms with Gasteiger partial charge in [-0.2, -0.15) is 0 Å². The Hall–Kier alpha value is -1.13. The van der Waals surface area contributed by atoms with Crippen molar-refractivity contribution in [3.05, 3.63) is 47.4 Å². The van der Waals surface area contributed by atoms with Crippen LogP contribution in [0.2, 0.25) is 0 Å². The van der Waals surface area contributed by atoms with Crippen molar-refractivity contribution in [2.24, 2.45) is 0 Å². The first-order valence-corrected chi connectivity index (χ1v) is 6.17. The van der Waals surface area contributed by atoms with E-state index in [4.69, 9.17) is 12.2 Å². The molecule has 2 nitrogen and oxygen atoms in total. The molecule has 0 aliphatic carbocycles. The highest BCUT2D eigenvalue weighted by Gasteiger charge is 2.29. The van der Waals surface area contributed by atoms with E-state index >= 15 is 0 Å². The number of hydrogen-bond acceptors (Lipinski definition) is 3. The van der Waals surface area contributed by atoms with Gasteiger partial charge in [-0.05, 0) is 12.0 Å². The topological polar surface area (TPSA) is 20.3 Å². The van der Waals surface area contributed by atoms with Crippen molar-refractivity contribution in [2.45, 2.75) is 6.42 Å². The van der Waals surface area contributed by atoms with Crippen LogP contribution in [0.5, 0.6) is 0 Å². The molecule has 0 radical (unpaired) electrons. The summed E-state index contributed by atoms with van der Waals surface area (Å²) in [5.41, 5.74) is 1.21. The summed E-state index contributed by atoms with van der Waals surface area (Å²) in [5, 5.41) is 0. The molecule has 1 fully saturated rings. The van der Waals surface area contributed by atoms with Crippen molar-refractivity contribution in [2.75, 3.05) is 6.54 Å². The van der Waals surface area contributed by atoms with E-state index in [0.717, 1.165) is 6.42 Å². The maximum atomic E-state index is 11.7. The molecule has 0 N–H and O–H groups in total. The molecule has 0 spiro atoms. The van der Waals surface area contributed by atoms with Gasteiger partial charge in [0, 0.05) is 6.54 Å². The standard InChI is InChI=1S/C12H11NOS2/c1-9-11(14)13(12(15)16-9)8-7-10-5-3-2-4-6-10/h2-6H,1,7-8H2. The molecule has 1 aliphatic heterocycles. The third-order valence-corrected chi connectivity index (χ3v) is 3.67. The Kier molecular flexibility index (Phi) is 3.41. The molecule has 1 aromatic carbocycles. The number of thioether (sulfide) groups is 1. The van der Waals surface area contributed by atoms with E-state index in [1.807, 2.05) is 30.3 Å². The predicted molar refractivity (Wildman–Crippen MR) is 71.2 cm³/mol. The Morgan fingerprint density at radius 2 is 2.00 bits per heavy atom. The summed E-state index contributed by atoms with van der Waals surface area (Å²) in [7, 11) is 0. The van der Waals surface area contributed by atoms with Crippen molar-refractivity contribution in [1.29, 1.82) is 0 Å². The molecule has 1 saturated heterocycles. The minimum Gasteiger partial charge on any atom is -0.293 e. The van der Waals surface area contributed by atoms with Crippen LogP contribution in [0.25, 0.3) is 0 Å². The van der Waals surface area contributed by atoms with Gasteiger partial charge in [0.15, 0.2) is 0 Å². The maximum absolute atomic E-state index is 11.7. The van der Waals surface area contributed by atoms with Crippen LogP contribution >= 0.6 is 24.0 Å². The zero-order chi connectivity index (χ0) is 11.5. The Bertz CT molecular complexity index is 442. The monoisotopic (exact) mass is 249 g/mol. The normalized spacial score (nSPS) is 16.0. The van der Waals surface area contributed by atoms with Crippen LogP contribution in [-0.4, -0.2) is 21.7 Å². The molecule has 82 valence electrons. The fraction of sp³-hybridized carbons (Fsp3) is 0.167. The van der Waals surface area contributed by atoms with E-state index in [-0.39, 0.29) is 5.91 Å². The highest BCUT2D eigenvalue weighted by Crippen LogP contribution is 2.29. The summed E-state index contributed by atoms with van der Waals surface area (Å²) in [4.78, 5) is 13.8. The lowest BCUT2D eigenvalue weighted by atomic mass is 10.1. The highest BCUT2D eigenvalue weighted by atomic mass is 32.2. The number of rotatable bonds is 3. The van der Waals surface area contributed by atoms with Crippen LogP contribution in [0.3, 0.4) is 0 Å². The van der Waals surface area contributed by atoms with Crippen molar-refractivity contribution in [3.63, 3.8) is 0 Å². The quantitative estimate of drug-likeness (QED) is 0.606. The van der Waals surface area contributed by atoms with E-state index in [0.29, 0.717) is 15.8 Å². The molecule has 0 aromatic heterocycles. The van der Waals surface area contributed by atoms with Crippen molar-refractivity contribution in [1.82, 2.24) is 4.90 Å². The Morgan fingerprint density at radius 3 is 2.56 bits per heavy atom. The second-order valence-electron chi connectivity index (χ2n) is 3.48. The molecule has 1 heterocycles. The van der Waals surface area contributed by atoms with Gasteiger partial charge in [-0.25, -0.2) is 0 Å². The summed E-state index contributed by atoms with van der Waals surface area (Å²) in [6.45, 7) is 4.31. The lowest BCUT2D eigenvalue weighted by Crippen LogP contribution is -2.30. The summed E-state index contributed by atoms with van der Waals surface area (Å²) in [5.74, 6) is -0.0501. The number of benzene rings is 1. The molecule has 1 amide bonds. The van der Waals surface area contributed by atoms with Gasteiger partial charge in [-0.15, -0.1) is 0 Å². The minimum absolute atomic E-state index is 0.0501. The number of hydrogen-bond donors (Lipinski definition) is 0. The van der Waals surface area contributed by atoms with Gasteiger partial charge in [-0.1, -0.05) is 60.9 Å². The van der Waals surface area contributed by atoms with Gasteiger partial charge in [0.1, 0.15) is 4.32 Å². The number of carbonyl (C=O) groups excluding carboxylic acids is 1. The van der Waals surface area contributed by atoms with Gasteiger partial charge in [0.05, 0.1) is 4.91 Å². The Labute approximate surface area is 104 Å². The zero-order valence-electron chi connectivity index (χ0n) is 8.68. The fourth-order valence-electron chi connectivity index (χ4n) is 1.52. The molecule has 0 bridgehead atoms. The maximum Gasteiger partial charge on any atom is 0.265 e. The second-order valence-corrected chi connectivity index (χ2v) is 5.21. The van der Waals surface area contributed by atoms with Crippen LogP contribution in [0, 0.1) is 0 Å². The first-order chi connectivity index (χ1) is 7.68. The van der Waals surface area contributed by atoms with Crippen LogP contribution in [0.4, 0.5) is 0 Å². The largest absolute Gasteiger partial charge is 0.293 e. The lowest BCUT2D eigenvalue weighted by molar-refractivity contribution is -0.122. The molecule has 2 rings (SSSR count). The molecule has 1 aliphatic rings. The summed E-state index contributed by atoms with van der Waals surface area (Å²) < 4.78 is 0.617. The fourth-order valence-corrected chi connectivity index (χ4v) is 2.68. The number of amides is 1. The van der Waals surface area contributed by atoms with Gasteiger partial charge in [0.2, 0.25) is 0 Å². The lowest BCUT2D eigenvalue weighted by Gasteiger charge is -2.13. The molecule has 0 atom stereocenters. The molecule has 1 aromatic rings. The third kappa shape index (κ3) is 2.33. The van der Waals surface area contributed by atoms with E-state index < -0.39 is 0 Å². The van der Waals surface area contributed by atoms with Gasteiger partial charge >= 0.3 is 0 Å². The third-order valence-electron chi connectivity index (χ3n) is 2.38. The van der Waals surface area contributed by atoms with E-state index in [9.17, 15) is 4.79 Å². The van der Waals surface area contributed by atoms with Crippen molar-refractivity contribution >= 4 is 34.2 Å². The molecular formula is C12H11NOS2. The summed E-state index contributed by atoms with van der Waals surface area (Å²) >= 11 is 6.40. The average Bonchev–Trinajstić information content (AvgIpc) is 2.53. The van der Waals surface area contributed by atoms with Gasteiger partial charge in [0.25, 0.3) is 5.91 Å². The Balaban J connectivity index is 1.99. The molecule has 0 unspecified atom stereocenters. The van der Waals surface area contributed by atoms with Crippen LogP contribution in [-0.2, 0) is 11.2 Å². The van der Waals surface area contributed by atoms with Crippen molar-refractivity contribution in [3.8, 4) is 0 Å². The summed E-state index contributed by atoms with van der Waals surface area (Å²) in [6, 6.07) is 10.1. The zero-order valence-corrected chi connectivity index (χ0v) is 10.3. The molecule has 16 heavy (non-hydrogen) atoms. The number of carbonyl (C=O) groups is 1. The van der Waals surface area contributed by atoms with Crippen LogP contribution < -0.4 is 0 Å². The predicted octanol–water partition coefficient (Wildman–Crippen LogP) is 2.60. The number of nitrogens with zero attached hydrogens (tertiary/aromatic N) is 1. The average molecular weight is 249 g/mol. The molecule has 0 saturated carbocycles. The first-order valence-electron chi connectivity index (χ1n) is 4.95. The van der Waals surface area contributed by atoms with E-state index in [1.165, 1.54) is 17.3 Å². The smallest absolute Gasteiger partial charge is 0.265 e. The van der Waals surface area contributed by atoms with E-state index in [2.05, 4.69) is 6.58 Å². The first kappa shape index (κ1) is 11.4. The number of thiocarbonyl (C=S) groups is 1. The van der Waals surface area contributed by atoms with Gasteiger partial charge < -0.3 is 0 Å². The van der Waals surface area contributed by atoms with Crippen LogP contribution in [0.15, 0.2) is 41.8 Å². The Morgan fingerprint density at radius 1 is 1.31 bits per heavy atom. The van der Waals surface area contributed by atoms with Crippen LogP contribution in [0.1, 0.15) is 5.56 Å². The minimum atomic E-state index is -0.0501. The van der Waals surface area contributed by atoms with Gasteiger partial charge in [-0.3, -0.25) is 9.69 Å². The molecular weight excluding hydrogens is 238 g/mol. The van der Waals surface area contributed by atoms with Crippen molar-refractivity contribution < 1.29 is 4.79 Å². The van der Waals surface area contributed by atoms with E-state index in [1.54, 1.807) is 4.90 Å². The SMILES string of the molecule is C=C1SC(=S)N(CCc2ccccc2)C1=O. The second kappa shape index (κ2) is 4.80.